The molecule has 0 aromatic heterocycles. The molecule has 0 unspecified atom stereocenters. The minimum absolute atomic E-state index is 0.129. The lowest BCUT2D eigenvalue weighted by atomic mass is 9.83. The van der Waals surface area contributed by atoms with Crippen LogP contribution >= 0.6 is 0 Å². The maximum atomic E-state index is 12.6. The van der Waals surface area contributed by atoms with E-state index >= 15 is 0 Å². The number of anilines is 1. The zero-order valence-corrected chi connectivity index (χ0v) is 11.0. The van der Waals surface area contributed by atoms with E-state index < -0.39 is 0 Å². The lowest BCUT2D eigenvalue weighted by Gasteiger charge is -2.20. The Morgan fingerprint density at radius 1 is 0.900 bits per heavy atom. The van der Waals surface area contributed by atoms with Crippen molar-refractivity contribution in [1.82, 2.24) is 0 Å². The van der Waals surface area contributed by atoms with Crippen LogP contribution in [0.1, 0.15) is 38.8 Å². The molecular formula is C16H13NO3. The first-order chi connectivity index (χ1) is 9.74. The van der Waals surface area contributed by atoms with Crippen molar-refractivity contribution in [2.24, 2.45) is 0 Å². The molecule has 0 heterocycles. The quantitative estimate of drug-likeness (QED) is 0.741. The normalized spacial score (nSPS) is 12.8. The number of hydrogen-bond donors (Lipinski definition) is 1. The van der Waals surface area contributed by atoms with E-state index in [4.69, 9.17) is 4.84 Å². The highest BCUT2D eigenvalue weighted by Gasteiger charge is 2.31. The van der Waals surface area contributed by atoms with Gasteiger partial charge in [-0.25, -0.2) is 0 Å². The zero-order valence-electron chi connectivity index (χ0n) is 11.0. The Morgan fingerprint density at radius 2 is 1.55 bits per heavy atom. The van der Waals surface area contributed by atoms with Gasteiger partial charge in [-0.1, -0.05) is 36.4 Å². The summed E-state index contributed by atoms with van der Waals surface area (Å²) in [5.41, 5.74) is 4.95. The molecule has 4 nitrogen and oxygen atoms in total. The van der Waals surface area contributed by atoms with Gasteiger partial charge in [0.25, 0.3) is 0 Å². The largest absolute Gasteiger partial charge is 0.289 e. The summed E-state index contributed by atoms with van der Waals surface area (Å²) < 4.78 is 0. The highest BCUT2D eigenvalue weighted by molar-refractivity contribution is 6.30. The van der Waals surface area contributed by atoms with Crippen molar-refractivity contribution in [3.8, 4) is 0 Å². The Hall–Kier alpha value is -2.46. The fourth-order valence-corrected chi connectivity index (χ4v) is 2.38. The van der Waals surface area contributed by atoms with Crippen LogP contribution in [0.5, 0.6) is 0 Å². The van der Waals surface area contributed by atoms with Gasteiger partial charge in [0, 0.05) is 16.7 Å². The molecule has 0 atom stereocenters. The molecule has 2 aromatic rings. The van der Waals surface area contributed by atoms with E-state index in [0.29, 0.717) is 34.5 Å². The lowest BCUT2D eigenvalue weighted by molar-refractivity contribution is 0.0978. The third kappa shape index (κ3) is 1.82. The molecule has 2 aromatic carbocycles. The van der Waals surface area contributed by atoms with Crippen LogP contribution in [0.15, 0.2) is 42.5 Å². The maximum absolute atomic E-state index is 12.6. The second-order valence-corrected chi connectivity index (χ2v) is 4.47. The summed E-state index contributed by atoms with van der Waals surface area (Å²) in [5, 5.41) is 0. The number of ketones is 2. The van der Waals surface area contributed by atoms with Crippen molar-refractivity contribution in [1.29, 1.82) is 0 Å². The maximum Gasteiger partial charge on any atom is 0.196 e. The summed E-state index contributed by atoms with van der Waals surface area (Å²) in [6.45, 7) is 2.30. The Labute approximate surface area is 116 Å². The molecule has 0 bridgehead atoms. The molecule has 0 fully saturated rings. The monoisotopic (exact) mass is 267 g/mol. The van der Waals surface area contributed by atoms with Gasteiger partial charge in [0.15, 0.2) is 11.6 Å². The highest BCUT2D eigenvalue weighted by Crippen LogP contribution is 2.31. The van der Waals surface area contributed by atoms with Crippen LogP contribution < -0.4 is 5.48 Å². The van der Waals surface area contributed by atoms with Crippen molar-refractivity contribution in [2.75, 3.05) is 12.1 Å². The van der Waals surface area contributed by atoms with Gasteiger partial charge in [-0.15, -0.1) is 0 Å². The third-order valence-corrected chi connectivity index (χ3v) is 3.28. The van der Waals surface area contributed by atoms with Crippen LogP contribution in [0, 0.1) is 0 Å². The van der Waals surface area contributed by atoms with Gasteiger partial charge in [-0.05, 0) is 13.0 Å². The Balaban J connectivity index is 2.18. The van der Waals surface area contributed by atoms with E-state index in [1.165, 1.54) is 0 Å². The van der Waals surface area contributed by atoms with Crippen LogP contribution in [0.3, 0.4) is 0 Å². The van der Waals surface area contributed by atoms with Crippen LogP contribution in [0.2, 0.25) is 0 Å². The van der Waals surface area contributed by atoms with Crippen molar-refractivity contribution < 1.29 is 14.4 Å². The molecule has 0 saturated carbocycles. The molecule has 4 heteroatoms. The minimum atomic E-state index is -0.155. The summed E-state index contributed by atoms with van der Waals surface area (Å²) in [5.74, 6) is -0.284. The average molecular weight is 267 g/mol. The number of carbonyl (C=O) groups excluding carboxylic acids is 2. The molecule has 20 heavy (non-hydrogen) atoms. The molecule has 0 amide bonds. The summed E-state index contributed by atoms with van der Waals surface area (Å²) >= 11 is 0. The van der Waals surface area contributed by atoms with Crippen molar-refractivity contribution in [3.05, 3.63) is 64.7 Å². The summed E-state index contributed by atoms with van der Waals surface area (Å²) in [6, 6.07) is 12.0. The van der Waals surface area contributed by atoms with Crippen LogP contribution in [-0.4, -0.2) is 18.2 Å². The first kappa shape index (κ1) is 12.6. The van der Waals surface area contributed by atoms with Gasteiger partial charge >= 0.3 is 0 Å². The summed E-state index contributed by atoms with van der Waals surface area (Å²) in [4.78, 5) is 30.2. The summed E-state index contributed by atoms with van der Waals surface area (Å²) in [6.07, 6.45) is 0. The van der Waals surface area contributed by atoms with Gasteiger partial charge in [-0.3, -0.25) is 19.9 Å². The van der Waals surface area contributed by atoms with Gasteiger partial charge in [-0.2, -0.15) is 0 Å². The van der Waals surface area contributed by atoms with E-state index in [-0.39, 0.29) is 11.6 Å². The van der Waals surface area contributed by atoms with Crippen molar-refractivity contribution in [2.45, 2.75) is 6.92 Å². The molecule has 1 aliphatic carbocycles. The smallest absolute Gasteiger partial charge is 0.196 e. The molecule has 3 rings (SSSR count). The second-order valence-electron chi connectivity index (χ2n) is 4.47. The highest BCUT2D eigenvalue weighted by atomic mass is 16.6. The Morgan fingerprint density at radius 3 is 2.25 bits per heavy atom. The van der Waals surface area contributed by atoms with Crippen molar-refractivity contribution >= 4 is 17.3 Å². The zero-order chi connectivity index (χ0) is 14.1. The number of benzene rings is 2. The molecular weight excluding hydrogens is 254 g/mol. The van der Waals surface area contributed by atoms with E-state index in [0.717, 1.165) is 0 Å². The molecule has 0 saturated heterocycles. The molecule has 0 aliphatic heterocycles. The fourth-order valence-electron chi connectivity index (χ4n) is 2.38. The molecule has 0 radical (unpaired) electrons. The van der Waals surface area contributed by atoms with Gasteiger partial charge in [0.2, 0.25) is 0 Å². The number of nitrogens with one attached hydrogen (secondary N) is 1. The standard InChI is InChI=1S/C16H13NO3/c1-2-20-17-13-9-5-8-12-14(13)16(19)11-7-4-3-6-10(11)15(12)18/h3-9,17H,2H2,1H3. The SMILES string of the molecule is CCONc1cccc2c1C(=O)c1ccccc1C2=O. The summed E-state index contributed by atoms with van der Waals surface area (Å²) in [7, 11) is 0. The topological polar surface area (TPSA) is 55.4 Å². The van der Waals surface area contributed by atoms with E-state index in [2.05, 4.69) is 5.48 Å². The molecule has 0 spiro atoms. The number of carbonyl (C=O) groups is 2. The van der Waals surface area contributed by atoms with E-state index in [9.17, 15) is 9.59 Å². The van der Waals surface area contributed by atoms with Gasteiger partial charge < -0.3 is 0 Å². The Bertz CT molecular complexity index is 707. The van der Waals surface area contributed by atoms with Crippen LogP contribution in [0.25, 0.3) is 0 Å². The predicted octanol–water partition coefficient (Wildman–Crippen LogP) is 2.83. The number of fused-ring (bicyclic) bond motifs is 2. The van der Waals surface area contributed by atoms with Crippen LogP contribution in [0.4, 0.5) is 5.69 Å². The van der Waals surface area contributed by atoms with E-state index in [1.807, 2.05) is 6.92 Å². The van der Waals surface area contributed by atoms with Crippen LogP contribution in [-0.2, 0) is 4.84 Å². The lowest BCUT2D eigenvalue weighted by Crippen LogP contribution is -2.22. The first-order valence-corrected chi connectivity index (χ1v) is 6.43. The molecule has 100 valence electrons. The van der Waals surface area contributed by atoms with Gasteiger partial charge in [0.05, 0.1) is 17.9 Å². The average Bonchev–Trinajstić information content (AvgIpc) is 2.50. The second kappa shape index (κ2) is 4.90. The third-order valence-electron chi connectivity index (χ3n) is 3.28. The first-order valence-electron chi connectivity index (χ1n) is 6.43. The van der Waals surface area contributed by atoms with Crippen molar-refractivity contribution in [3.63, 3.8) is 0 Å². The molecule has 1 aliphatic rings. The number of rotatable bonds is 3. The number of hydrogen-bond acceptors (Lipinski definition) is 4. The van der Waals surface area contributed by atoms with E-state index in [1.54, 1.807) is 42.5 Å². The predicted molar refractivity (Wildman–Crippen MR) is 75.0 cm³/mol. The van der Waals surface area contributed by atoms with Gasteiger partial charge in [0.1, 0.15) is 0 Å². The molecule has 1 N–H and O–H groups in total. The minimum Gasteiger partial charge on any atom is -0.289 e. The Kier molecular flexibility index (Phi) is 3.08. The fraction of sp³-hybridized carbons (Fsp3) is 0.125.